The Balaban J connectivity index is 2.10. The normalized spacial score (nSPS) is 12.1. The van der Waals surface area contributed by atoms with Crippen molar-refractivity contribution in [3.05, 3.63) is 54.1 Å². The molecule has 2 amide bonds. The molecule has 0 aromatic heterocycles. The van der Waals surface area contributed by atoms with Crippen LogP contribution in [-0.4, -0.2) is 38.3 Å². The Hall–Kier alpha value is -2.74. The molecule has 0 saturated carbocycles. The van der Waals surface area contributed by atoms with E-state index >= 15 is 0 Å². The number of hydrogen-bond acceptors (Lipinski definition) is 5. The van der Waals surface area contributed by atoms with Gasteiger partial charge in [0.2, 0.25) is 0 Å². The molecule has 0 fully saturated rings. The molecular formula is C21H28N2O5S. The smallest absolute Gasteiger partial charge is 0.322 e. The Morgan fingerprint density at radius 1 is 1.03 bits per heavy atom. The molecule has 2 aromatic rings. The maximum Gasteiger partial charge on any atom is 0.322 e. The first-order chi connectivity index (χ1) is 13.8. The van der Waals surface area contributed by atoms with Gasteiger partial charge in [-0.25, -0.2) is 4.79 Å². The third-order valence-corrected chi connectivity index (χ3v) is 5.73. The minimum atomic E-state index is -3.56. The number of amides is 2. The molecular weight excluding hydrogens is 392 g/mol. The van der Waals surface area contributed by atoms with Gasteiger partial charge in [-0.2, -0.15) is 8.42 Å². The van der Waals surface area contributed by atoms with Crippen LogP contribution in [0.3, 0.4) is 0 Å². The molecule has 0 unspecified atom stereocenters. The SMILES string of the molecule is CC[C@@H](C)N(Cc1ccc(OS(=O)(=O)CC)cc1)C(=O)Nc1ccc(OC)cc1. The van der Waals surface area contributed by atoms with E-state index in [-0.39, 0.29) is 23.6 Å². The summed E-state index contributed by atoms with van der Waals surface area (Å²) in [5.74, 6) is 0.879. The summed E-state index contributed by atoms with van der Waals surface area (Å²) >= 11 is 0. The molecule has 0 aliphatic carbocycles. The molecule has 8 heteroatoms. The van der Waals surface area contributed by atoms with Gasteiger partial charge >= 0.3 is 16.1 Å². The highest BCUT2D eigenvalue weighted by Gasteiger charge is 2.20. The second kappa shape index (κ2) is 10.2. The zero-order valence-electron chi connectivity index (χ0n) is 17.2. The van der Waals surface area contributed by atoms with Crippen LogP contribution < -0.4 is 14.2 Å². The number of benzene rings is 2. The lowest BCUT2D eigenvalue weighted by Gasteiger charge is -2.29. The second-order valence-corrected chi connectivity index (χ2v) is 8.48. The summed E-state index contributed by atoms with van der Waals surface area (Å²) < 4.78 is 33.3. The van der Waals surface area contributed by atoms with Crippen molar-refractivity contribution in [3.8, 4) is 11.5 Å². The van der Waals surface area contributed by atoms with E-state index in [1.807, 2.05) is 13.8 Å². The van der Waals surface area contributed by atoms with Crippen molar-refractivity contribution in [1.82, 2.24) is 4.90 Å². The van der Waals surface area contributed by atoms with E-state index in [2.05, 4.69) is 5.32 Å². The highest BCUT2D eigenvalue weighted by atomic mass is 32.2. The van der Waals surface area contributed by atoms with Crippen molar-refractivity contribution in [2.24, 2.45) is 0 Å². The van der Waals surface area contributed by atoms with Gasteiger partial charge in [0, 0.05) is 18.3 Å². The molecule has 1 N–H and O–H groups in total. The van der Waals surface area contributed by atoms with Crippen LogP contribution in [0.5, 0.6) is 11.5 Å². The van der Waals surface area contributed by atoms with Gasteiger partial charge in [-0.1, -0.05) is 19.1 Å². The Labute approximate surface area is 172 Å². The maximum atomic E-state index is 12.8. The average molecular weight is 421 g/mol. The fourth-order valence-electron chi connectivity index (χ4n) is 2.57. The van der Waals surface area contributed by atoms with Gasteiger partial charge in [0.15, 0.2) is 0 Å². The lowest BCUT2D eigenvalue weighted by atomic mass is 10.1. The van der Waals surface area contributed by atoms with Crippen molar-refractivity contribution < 1.29 is 22.1 Å². The van der Waals surface area contributed by atoms with Gasteiger partial charge in [-0.15, -0.1) is 0 Å². The van der Waals surface area contributed by atoms with Crippen LogP contribution in [0, 0.1) is 0 Å². The molecule has 29 heavy (non-hydrogen) atoms. The van der Waals surface area contributed by atoms with Crippen LogP contribution in [0.25, 0.3) is 0 Å². The third kappa shape index (κ3) is 6.67. The number of nitrogens with one attached hydrogen (secondary N) is 1. The summed E-state index contributed by atoms with van der Waals surface area (Å²) in [5, 5.41) is 2.91. The fraction of sp³-hybridized carbons (Fsp3) is 0.381. The second-order valence-electron chi connectivity index (χ2n) is 6.62. The van der Waals surface area contributed by atoms with E-state index in [1.54, 1.807) is 60.5 Å². The summed E-state index contributed by atoms with van der Waals surface area (Å²) in [7, 11) is -1.97. The number of carbonyl (C=O) groups is 1. The molecule has 0 aliphatic heterocycles. The Morgan fingerprint density at radius 2 is 1.62 bits per heavy atom. The number of anilines is 1. The van der Waals surface area contributed by atoms with E-state index in [0.717, 1.165) is 12.0 Å². The number of hydrogen-bond donors (Lipinski definition) is 1. The highest BCUT2D eigenvalue weighted by Crippen LogP contribution is 2.20. The quantitative estimate of drug-likeness (QED) is 0.613. The van der Waals surface area contributed by atoms with Crippen LogP contribution in [0.4, 0.5) is 10.5 Å². The van der Waals surface area contributed by atoms with Gasteiger partial charge in [-0.05, 0) is 62.2 Å². The summed E-state index contributed by atoms with van der Waals surface area (Å²) in [6.45, 7) is 5.91. The topological polar surface area (TPSA) is 84.9 Å². The van der Waals surface area contributed by atoms with E-state index in [9.17, 15) is 13.2 Å². The zero-order chi connectivity index (χ0) is 21.4. The Bertz CT molecular complexity index is 896. The van der Waals surface area contributed by atoms with Crippen molar-refractivity contribution >= 4 is 21.8 Å². The van der Waals surface area contributed by atoms with Crippen molar-refractivity contribution in [3.63, 3.8) is 0 Å². The molecule has 0 bridgehead atoms. The molecule has 0 heterocycles. The van der Waals surface area contributed by atoms with Crippen LogP contribution >= 0.6 is 0 Å². The van der Waals surface area contributed by atoms with E-state index in [0.29, 0.717) is 18.0 Å². The standard InChI is InChI=1S/C21H28N2O5S/c1-5-16(3)23(21(24)22-18-9-13-19(27-4)14-10-18)15-17-7-11-20(12-8-17)28-29(25,26)6-2/h7-14,16H,5-6,15H2,1-4H3,(H,22,24)/t16-/m1/s1. The molecule has 0 spiro atoms. The first kappa shape index (κ1) is 22.5. The van der Waals surface area contributed by atoms with Gasteiger partial charge in [0.25, 0.3) is 0 Å². The van der Waals surface area contributed by atoms with Gasteiger partial charge < -0.3 is 19.1 Å². The number of methoxy groups -OCH3 is 1. The average Bonchev–Trinajstić information content (AvgIpc) is 2.73. The van der Waals surface area contributed by atoms with Gasteiger partial charge in [-0.3, -0.25) is 0 Å². The predicted octanol–water partition coefficient (Wildman–Crippen LogP) is 4.26. The van der Waals surface area contributed by atoms with Crippen LogP contribution in [0.2, 0.25) is 0 Å². The van der Waals surface area contributed by atoms with Crippen LogP contribution in [0.1, 0.15) is 32.8 Å². The van der Waals surface area contributed by atoms with E-state index in [4.69, 9.17) is 8.92 Å². The summed E-state index contributed by atoms with van der Waals surface area (Å²) in [6.07, 6.45) is 0.798. The van der Waals surface area contributed by atoms with Gasteiger partial charge in [0.05, 0.1) is 12.9 Å². The number of carbonyl (C=O) groups excluding carboxylic acids is 1. The molecule has 0 radical (unpaired) electrons. The highest BCUT2D eigenvalue weighted by molar-refractivity contribution is 7.87. The van der Waals surface area contributed by atoms with Crippen LogP contribution in [-0.2, 0) is 16.7 Å². The minimum Gasteiger partial charge on any atom is -0.497 e. The molecule has 7 nitrogen and oxygen atoms in total. The van der Waals surface area contributed by atoms with E-state index in [1.165, 1.54) is 6.92 Å². The number of urea groups is 1. The molecule has 2 rings (SSSR count). The molecule has 0 saturated heterocycles. The van der Waals surface area contributed by atoms with Crippen LogP contribution in [0.15, 0.2) is 48.5 Å². The minimum absolute atomic E-state index is 0.0182. The Kier molecular flexibility index (Phi) is 7.90. The number of nitrogens with zero attached hydrogens (tertiary/aromatic N) is 1. The summed E-state index contributed by atoms with van der Waals surface area (Å²) in [6, 6.07) is 13.7. The third-order valence-electron chi connectivity index (χ3n) is 4.58. The lowest BCUT2D eigenvalue weighted by Crippen LogP contribution is -2.40. The summed E-state index contributed by atoms with van der Waals surface area (Å²) in [5.41, 5.74) is 1.55. The first-order valence-electron chi connectivity index (χ1n) is 9.50. The van der Waals surface area contributed by atoms with Crippen molar-refractivity contribution in [2.75, 3.05) is 18.2 Å². The maximum absolute atomic E-state index is 12.8. The molecule has 1 atom stereocenters. The Morgan fingerprint density at radius 3 is 2.14 bits per heavy atom. The predicted molar refractivity (Wildman–Crippen MR) is 114 cm³/mol. The fourth-order valence-corrected chi connectivity index (χ4v) is 3.09. The van der Waals surface area contributed by atoms with Crippen molar-refractivity contribution in [2.45, 2.75) is 39.8 Å². The molecule has 158 valence electrons. The molecule has 2 aromatic carbocycles. The van der Waals surface area contributed by atoms with E-state index < -0.39 is 10.1 Å². The van der Waals surface area contributed by atoms with Gasteiger partial charge in [0.1, 0.15) is 11.5 Å². The summed E-state index contributed by atoms with van der Waals surface area (Å²) in [4.78, 5) is 14.6. The largest absolute Gasteiger partial charge is 0.497 e. The zero-order valence-corrected chi connectivity index (χ0v) is 18.0. The lowest BCUT2D eigenvalue weighted by molar-refractivity contribution is 0.187. The van der Waals surface area contributed by atoms with Crippen molar-refractivity contribution in [1.29, 1.82) is 0 Å². The number of rotatable bonds is 9. The monoisotopic (exact) mass is 420 g/mol. The molecule has 0 aliphatic rings. The first-order valence-corrected chi connectivity index (χ1v) is 11.1. The number of ether oxygens (including phenoxy) is 1.